The van der Waals surface area contributed by atoms with Crippen molar-refractivity contribution in [3.05, 3.63) is 66.0 Å². The lowest BCUT2D eigenvalue weighted by Gasteiger charge is -2.19. The normalized spacial score (nSPS) is 14.2. The number of nitrogens with zero attached hydrogens (tertiary/aromatic N) is 6. The monoisotopic (exact) mass is 386 g/mol. The molecule has 0 saturated heterocycles. The third-order valence-corrected chi connectivity index (χ3v) is 4.77. The molecule has 0 unspecified atom stereocenters. The van der Waals surface area contributed by atoms with Crippen molar-refractivity contribution in [2.75, 3.05) is 28.6 Å². The fraction of sp³-hybridized carbons (Fsp3) is 0.238. The number of para-hydroxylation sites is 2. The highest BCUT2D eigenvalue weighted by molar-refractivity contribution is 5.91. The lowest BCUT2D eigenvalue weighted by molar-refractivity contribution is 0.636. The van der Waals surface area contributed by atoms with Gasteiger partial charge in [0, 0.05) is 31.7 Å². The number of anilines is 3. The third kappa shape index (κ3) is 3.62. The van der Waals surface area contributed by atoms with Crippen LogP contribution in [0.4, 0.5) is 17.3 Å². The predicted octanol–water partition coefficient (Wildman–Crippen LogP) is 3.24. The first-order chi connectivity index (χ1) is 14.2. The summed E-state index contributed by atoms with van der Waals surface area (Å²) in [6, 6.07) is 12.3. The quantitative estimate of drug-likeness (QED) is 0.628. The number of nitrogens with one attached hydrogen (secondary N) is 2. The van der Waals surface area contributed by atoms with Crippen LogP contribution in [0.5, 0.6) is 0 Å². The van der Waals surface area contributed by atoms with Gasteiger partial charge in [-0.05, 0) is 37.6 Å². The molecular formula is C21H22N8. The number of rotatable bonds is 6. The summed E-state index contributed by atoms with van der Waals surface area (Å²) in [6.45, 7) is 6.05. The van der Waals surface area contributed by atoms with E-state index in [0.29, 0.717) is 30.3 Å². The fourth-order valence-electron chi connectivity index (χ4n) is 3.37. The summed E-state index contributed by atoms with van der Waals surface area (Å²) >= 11 is 0. The topological polar surface area (TPSA) is 94.7 Å². The number of benzene rings is 1. The van der Waals surface area contributed by atoms with E-state index in [1.54, 1.807) is 12.4 Å². The minimum Gasteiger partial charge on any atom is -0.352 e. The van der Waals surface area contributed by atoms with Crippen molar-refractivity contribution >= 4 is 22.9 Å². The van der Waals surface area contributed by atoms with Crippen LogP contribution in [0.2, 0.25) is 0 Å². The molecule has 0 radical (unpaired) electrons. The second kappa shape index (κ2) is 8.02. The molecule has 1 aromatic carbocycles. The first-order valence-corrected chi connectivity index (χ1v) is 9.54. The van der Waals surface area contributed by atoms with Crippen molar-refractivity contribution in [2.45, 2.75) is 20.4 Å². The van der Waals surface area contributed by atoms with Gasteiger partial charge in [0.1, 0.15) is 17.5 Å². The van der Waals surface area contributed by atoms with Gasteiger partial charge in [-0.1, -0.05) is 12.1 Å². The average molecular weight is 386 g/mol. The highest BCUT2D eigenvalue weighted by atomic mass is 15.3. The summed E-state index contributed by atoms with van der Waals surface area (Å²) in [4.78, 5) is 11.1. The molecule has 0 saturated carbocycles. The van der Waals surface area contributed by atoms with Crippen molar-refractivity contribution in [1.29, 1.82) is 5.26 Å². The summed E-state index contributed by atoms with van der Waals surface area (Å²) in [5.74, 6) is 1.24. The van der Waals surface area contributed by atoms with Gasteiger partial charge in [-0.25, -0.2) is 9.97 Å². The van der Waals surface area contributed by atoms with Gasteiger partial charge in [-0.2, -0.15) is 10.4 Å². The Labute approximate surface area is 169 Å². The van der Waals surface area contributed by atoms with Gasteiger partial charge in [-0.15, -0.1) is 0 Å². The van der Waals surface area contributed by atoms with Gasteiger partial charge in [0.25, 0.3) is 0 Å². The fourth-order valence-corrected chi connectivity index (χ4v) is 3.37. The van der Waals surface area contributed by atoms with E-state index in [1.165, 1.54) is 0 Å². The number of hydrogen-bond donors (Lipinski definition) is 2. The molecule has 0 bridgehead atoms. The van der Waals surface area contributed by atoms with Crippen LogP contribution in [0.1, 0.15) is 18.2 Å². The second-order valence-corrected chi connectivity index (χ2v) is 6.64. The molecule has 0 amide bonds. The molecule has 29 heavy (non-hydrogen) atoms. The number of hydrogen-bond acceptors (Lipinski definition) is 7. The zero-order chi connectivity index (χ0) is 20.2. The molecule has 0 fully saturated rings. The Kier molecular flexibility index (Phi) is 5.12. The number of aromatic nitrogens is 4. The third-order valence-electron chi connectivity index (χ3n) is 4.77. The Bertz CT molecular complexity index is 1080. The van der Waals surface area contributed by atoms with Crippen LogP contribution in [-0.2, 0) is 6.54 Å². The molecule has 3 aromatic rings. The van der Waals surface area contributed by atoms with Crippen LogP contribution in [0.25, 0.3) is 5.57 Å². The van der Waals surface area contributed by atoms with Crippen LogP contribution in [0.15, 0.2) is 54.7 Å². The van der Waals surface area contributed by atoms with E-state index in [2.05, 4.69) is 43.6 Å². The van der Waals surface area contributed by atoms with Gasteiger partial charge in [-0.3, -0.25) is 4.68 Å². The molecule has 8 nitrogen and oxygen atoms in total. The standard InChI is InChI=1S/C21H22N8/c1-3-29-18-8-5-4-7-17(18)26-20(29)16(13-22)19-15(2)14-24-21(27-19)23-10-12-28-11-6-9-25-28/h4-9,11,14,26H,3,10,12H2,1-2H3,(H,23,24,27)/b20-16+. The maximum absolute atomic E-state index is 9.98. The highest BCUT2D eigenvalue weighted by Crippen LogP contribution is 2.38. The smallest absolute Gasteiger partial charge is 0.223 e. The van der Waals surface area contributed by atoms with Crippen LogP contribution >= 0.6 is 0 Å². The van der Waals surface area contributed by atoms with Gasteiger partial charge < -0.3 is 15.5 Å². The molecule has 2 aromatic heterocycles. The van der Waals surface area contributed by atoms with Gasteiger partial charge in [0.05, 0.1) is 23.6 Å². The van der Waals surface area contributed by atoms with Crippen molar-refractivity contribution in [1.82, 2.24) is 19.7 Å². The molecular weight excluding hydrogens is 364 g/mol. The molecule has 1 aliphatic rings. The largest absolute Gasteiger partial charge is 0.352 e. The molecule has 4 rings (SSSR count). The molecule has 0 spiro atoms. The second-order valence-electron chi connectivity index (χ2n) is 6.64. The number of allylic oxidation sites excluding steroid dienone is 1. The van der Waals surface area contributed by atoms with E-state index in [1.807, 2.05) is 48.1 Å². The number of aryl methyl sites for hydroxylation is 1. The molecule has 0 aliphatic carbocycles. The SMILES string of the molecule is CCN1/C(=C(\C#N)c2nc(NCCn3cccn3)ncc2C)Nc2ccccc21. The zero-order valence-corrected chi connectivity index (χ0v) is 16.4. The summed E-state index contributed by atoms with van der Waals surface area (Å²) in [6.07, 6.45) is 5.40. The van der Waals surface area contributed by atoms with Crippen molar-refractivity contribution < 1.29 is 0 Å². The van der Waals surface area contributed by atoms with E-state index < -0.39 is 0 Å². The Hall–Kier alpha value is -3.86. The summed E-state index contributed by atoms with van der Waals surface area (Å²) in [7, 11) is 0. The number of nitriles is 1. The molecule has 0 atom stereocenters. The predicted molar refractivity (Wildman–Crippen MR) is 113 cm³/mol. The maximum atomic E-state index is 9.98. The minimum absolute atomic E-state index is 0.490. The van der Waals surface area contributed by atoms with Crippen molar-refractivity contribution in [3.63, 3.8) is 0 Å². The molecule has 146 valence electrons. The zero-order valence-electron chi connectivity index (χ0n) is 16.4. The summed E-state index contributed by atoms with van der Waals surface area (Å²) < 4.78 is 1.84. The lowest BCUT2D eigenvalue weighted by Crippen LogP contribution is -2.22. The summed E-state index contributed by atoms with van der Waals surface area (Å²) in [5.41, 5.74) is 4.01. The molecule has 2 N–H and O–H groups in total. The van der Waals surface area contributed by atoms with Crippen LogP contribution < -0.4 is 15.5 Å². The van der Waals surface area contributed by atoms with E-state index in [-0.39, 0.29) is 0 Å². The van der Waals surface area contributed by atoms with E-state index in [4.69, 9.17) is 0 Å². The Morgan fingerprint density at radius 2 is 2.14 bits per heavy atom. The summed E-state index contributed by atoms with van der Waals surface area (Å²) in [5, 5.41) is 20.8. The average Bonchev–Trinajstić information content (AvgIpc) is 3.38. The molecule has 1 aliphatic heterocycles. The van der Waals surface area contributed by atoms with Crippen molar-refractivity contribution in [2.24, 2.45) is 0 Å². The Balaban J connectivity index is 1.64. The van der Waals surface area contributed by atoms with Gasteiger partial charge >= 0.3 is 0 Å². The first-order valence-electron chi connectivity index (χ1n) is 9.54. The van der Waals surface area contributed by atoms with Crippen LogP contribution in [-0.4, -0.2) is 32.8 Å². The van der Waals surface area contributed by atoms with E-state index >= 15 is 0 Å². The highest BCUT2D eigenvalue weighted by Gasteiger charge is 2.27. The maximum Gasteiger partial charge on any atom is 0.223 e. The van der Waals surface area contributed by atoms with Gasteiger partial charge in [0.2, 0.25) is 5.95 Å². The van der Waals surface area contributed by atoms with Crippen molar-refractivity contribution in [3.8, 4) is 6.07 Å². The first kappa shape index (κ1) is 18.5. The van der Waals surface area contributed by atoms with Crippen LogP contribution in [0, 0.1) is 18.3 Å². The Morgan fingerprint density at radius 3 is 2.90 bits per heavy atom. The molecule has 8 heteroatoms. The van der Waals surface area contributed by atoms with Gasteiger partial charge in [0.15, 0.2) is 0 Å². The lowest BCUT2D eigenvalue weighted by atomic mass is 10.1. The van der Waals surface area contributed by atoms with E-state index in [0.717, 1.165) is 29.3 Å². The number of fused-ring (bicyclic) bond motifs is 1. The Morgan fingerprint density at radius 1 is 1.28 bits per heavy atom. The van der Waals surface area contributed by atoms with Crippen LogP contribution in [0.3, 0.4) is 0 Å². The van der Waals surface area contributed by atoms with E-state index in [9.17, 15) is 5.26 Å². The molecule has 3 heterocycles. The minimum atomic E-state index is 0.490.